The van der Waals surface area contributed by atoms with E-state index in [0.717, 1.165) is 12.0 Å². The minimum atomic E-state index is -0.357. The number of rotatable bonds is 8. The van der Waals surface area contributed by atoms with Crippen LogP contribution in [0.25, 0.3) is 0 Å². The largest absolute Gasteiger partial charge is 0.379 e. The topological polar surface area (TPSA) is 64.4 Å². The van der Waals surface area contributed by atoms with Gasteiger partial charge in [0.15, 0.2) is 0 Å². The van der Waals surface area contributed by atoms with Gasteiger partial charge in [0.1, 0.15) is 5.69 Å². The van der Waals surface area contributed by atoms with Gasteiger partial charge in [0.25, 0.3) is 5.69 Å². The fourth-order valence-electron chi connectivity index (χ4n) is 1.72. The highest BCUT2D eigenvalue weighted by Crippen LogP contribution is 2.28. The molecule has 1 rings (SSSR count). The number of nitro groups is 1. The van der Waals surface area contributed by atoms with Gasteiger partial charge in [-0.3, -0.25) is 10.1 Å². The number of benzene rings is 1. The van der Waals surface area contributed by atoms with Crippen molar-refractivity contribution in [1.82, 2.24) is 0 Å². The average molecular weight is 266 g/mol. The molecular formula is C14H22N2O3. The van der Waals surface area contributed by atoms with Crippen LogP contribution < -0.4 is 5.32 Å². The fraction of sp³-hybridized carbons (Fsp3) is 0.571. The summed E-state index contributed by atoms with van der Waals surface area (Å²) in [7, 11) is 0. The molecular weight excluding hydrogens is 244 g/mol. The Morgan fingerprint density at radius 3 is 2.74 bits per heavy atom. The monoisotopic (exact) mass is 266 g/mol. The van der Waals surface area contributed by atoms with E-state index in [1.54, 1.807) is 6.07 Å². The first-order chi connectivity index (χ1) is 9.06. The first-order valence-electron chi connectivity index (χ1n) is 6.64. The maximum Gasteiger partial charge on any atom is 0.292 e. The predicted molar refractivity (Wildman–Crippen MR) is 76.4 cm³/mol. The quantitative estimate of drug-likeness (QED) is 0.577. The lowest BCUT2D eigenvalue weighted by Gasteiger charge is -2.13. The number of hydrogen-bond acceptors (Lipinski definition) is 4. The van der Waals surface area contributed by atoms with Crippen LogP contribution in [0.15, 0.2) is 18.2 Å². The van der Waals surface area contributed by atoms with Crippen molar-refractivity contribution in [3.8, 4) is 0 Å². The highest BCUT2D eigenvalue weighted by molar-refractivity contribution is 5.66. The summed E-state index contributed by atoms with van der Waals surface area (Å²) in [6.07, 6.45) is 0.915. The van der Waals surface area contributed by atoms with Crippen molar-refractivity contribution in [2.45, 2.75) is 33.8 Å². The van der Waals surface area contributed by atoms with Crippen molar-refractivity contribution >= 4 is 11.4 Å². The van der Waals surface area contributed by atoms with Gasteiger partial charge in [-0.15, -0.1) is 0 Å². The van der Waals surface area contributed by atoms with E-state index in [9.17, 15) is 10.1 Å². The average Bonchev–Trinajstić information content (AvgIpc) is 2.36. The third-order valence-electron chi connectivity index (χ3n) is 2.59. The van der Waals surface area contributed by atoms with Gasteiger partial charge in [-0.1, -0.05) is 32.9 Å². The van der Waals surface area contributed by atoms with Gasteiger partial charge < -0.3 is 10.1 Å². The zero-order valence-corrected chi connectivity index (χ0v) is 11.8. The molecule has 1 aromatic rings. The van der Waals surface area contributed by atoms with Crippen molar-refractivity contribution in [3.63, 3.8) is 0 Å². The van der Waals surface area contributed by atoms with Crippen LogP contribution in [0, 0.1) is 16.0 Å². The summed E-state index contributed by atoms with van der Waals surface area (Å²) in [6, 6.07) is 5.08. The second-order valence-electron chi connectivity index (χ2n) is 4.90. The molecule has 5 nitrogen and oxygen atoms in total. The Labute approximate surface area is 114 Å². The van der Waals surface area contributed by atoms with E-state index in [4.69, 9.17) is 4.74 Å². The molecule has 5 heteroatoms. The van der Waals surface area contributed by atoms with Gasteiger partial charge in [0.2, 0.25) is 0 Å². The summed E-state index contributed by atoms with van der Waals surface area (Å²) in [6.45, 7) is 7.92. The highest BCUT2D eigenvalue weighted by Gasteiger charge is 2.16. The SMILES string of the molecule is CCCNc1c(COCC(C)C)cccc1[N+](=O)[O-]. The summed E-state index contributed by atoms with van der Waals surface area (Å²) in [5, 5.41) is 14.2. The van der Waals surface area contributed by atoms with Crippen LogP contribution >= 0.6 is 0 Å². The molecule has 19 heavy (non-hydrogen) atoms. The van der Waals surface area contributed by atoms with Crippen LogP contribution in [-0.2, 0) is 11.3 Å². The summed E-state index contributed by atoms with van der Waals surface area (Å²) in [4.78, 5) is 10.7. The standard InChI is InChI=1S/C14H22N2O3/c1-4-8-15-14-12(10-19-9-11(2)3)6-5-7-13(14)16(17)18/h5-7,11,15H,4,8-10H2,1-3H3. The van der Waals surface area contributed by atoms with Crippen LogP contribution in [0.2, 0.25) is 0 Å². The Morgan fingerprint density at radius 2 is 2.16 bits per heavy atom. The fourth-order valence-corrected chi connectivity index (χ4v) is 1.72. The summed E-state index contributed by atoms with van der Waals surface area (Å²) >= 11 is 0. The lowest BCUT2D eigenvalue weighted by atomic mass is 10.1. The van der Waals surface area contributed by atoms with Gasteiger partial charge in [-0.25, -0.2) is 0 Å². The van der Waals surface area contributed by atoms with Gasteiger partial charge in [0, 0.05) is 24.8 Å². The smallest absolute Gasteiger partial charge is 0.292 e. The van der Waals surface area contributed by atoms with E-state index in [-0.39, 0.29) is 10.6 Å². The minimum Gasteiger partial charge on any atom is -0.379 e. The number of para-hydroxylation sites is 1. The van der Waals surface area contributed by atoms with E-state index >= 15 is 0 Å². The number of ether oxygens (including phenoxy) is 1. The highest BCUT2D eigenvalue weighted by atomic mass is 16.6. The van der Waals surface area contributed by atoms with Crippen LogP contribution in [-0.4, -0.2) is 18.1 Å². The molecule has 1 aromatic carbocycles. The third kappa shape index (κ3) is 4.87. The number of nitrogens with one attached hydrogen (secondary N) is 1. The van der Waals surface area contributed by atoms with Crippen LogP contribution in [0.5, 0.6) is 0 Å². The van der Waals surface area contributed by atoms with E-state index in [2.05, 4.69) is 19.2 Å². The number of nitro benzene ring substituents is 1. The molecule has 0 aliphatic rings. The lowest BCUT2D eigenvalue weighted by molar-refractivity contribution is -0.384. The van der Waals surface area contributed by atoms with E-state index in [0.29, 0.717) is 31.4 Å². The first kappa shape index (κ1) is 15.4. The molecule has 0 aliphatic carbocycles. The normalized spacial score (nSPS) is 10.7. The molecule has 0 atom stereocenters. The predicted octanol–water partition coefficient (Wildman–Crippen LogP) is 3.59. The Kier molecular flexibility index (Phi) is 6.29. The van der Waals surface area contributed by atoms with Crippen molar-refractivity contribution in [2.24, 2.45) is 5.92 Å². The van der Waals surface area contributed by atoms with Crippen LogP contribution in [0.1, 0.15) is 32.8 Å². The molecule has 0 fully saturated rings. The number of nitrogens with zero attached hydrogens (tertiary/aromatic N) is 1. The van der Waals surface area contributed by atoms with Crippen LogP contribution in [0.3, 0.4) is 0 Å². The molecule has 0 spiro atoms. The maximum atomic E-state index is 11.0. The molecule has 106 valence electrons. The molecule has 0 unspecified atom stereocenters. The van der Waals surface area contributed by atoms with Gasteiger partial charge in [0.05, 0.1) is 11.5 Å². The minimum absolute atomic E-state index is 0.110. The van der Waals surface area contributed by atoms with Crippen LogP contribution in [0.4, 0.5) is 11.4 Å². The second kappa shape index (κ2) is 7.74. The Bertz CT molecular complexity index is 419. The van der Waals surface area contributed by atoms with Crippen molar-refractivity contribution in [1.29, 1.82) is 0 Å². The molecule has 1 N–H and O–H groups in total. The Hall–Kier alpha value is -1.62. The molecule has 0 saturated carbocycles. The van der Waals surface area contributed by atoms with Gasteiger partial charge in [-0.05, 0) is 12.3 Å². The lowest BCUT2D eigenvalue weighted by Crippen LogP contribution is -2.08. The Morgan fingerprint density at radius 1 is 1.42 bits per heavy atom. The first-order valence-corrected chi connectivity index (χ1v) is 6.64. The molecule has 0 aromatic heterocycles. The third-order valence-corrected chi connectivity index (χ3v) is 2.59. The molecule has 0 saturated heterocycles. The van der Waals surface area contributed by atoms with E-state index in [1.807, 2.05) is 13.0 Å². The number of anilines is 1. The zero-order valence-electron chi connectivity index (χ0n) is 11.8. The van der Waals surface area contributed by atoms with Gasteiger partial charge >= 0.3 is 0 Å². The molecule has 0 amide bonds. The Balaban J connectivity index is 2.88. The molecule has 0 bridgehead atoms. The van der Waals surface area contributed by atoms with E-state index < -0.39 is 0 Å². The van der Waals surface area contributed by atoms with Crippen molar-refractivity contribution in [2.75, 3.05) is 18.5 Å². The second-order valence-corrected chi connectivity index (χ2v) is 4.90. The van der Waals surface area contributed by atoms with Crippen molar-refractivity contribution in [3.05, 3.63) is 33.9 Å². The molecule has 0 heterocycles. The number of hydrogen-bond donors (Lipinski definition) is 1. The van der Waals surface area contributed by atoms with Gasteiger partial charge in [-0.2, -0.15) is 0 Å². The summed E-state index contributed by atoms with van der Waals surface area (Å²) in [5.74, 6) is 0.450. The van der Waals surface area contributed by atoms with E-state index in [1.165, 1.54) is 6.07 Å². The summed E-state index contributed by atoms with van der Waals surface area (Å²) in [5.41, 5.74) is 1.53. The molecule has 0 radical (unpaired) electrons. The molecule has 0 aliphatic heterocycles. The summed E-state index contributed by atoms with van der Waals surface area (Å²) < 4.78 is 5.57. The maximum absolute atomic E-state index is 11.0. The van der Waals surface area contributed by atoms with Crippen molar-refractivity contribution < 1.29 is 9.66 Å². The zero-order chi connectivity index (χ0) is 14.3.